The van der Waals surface area contributed by atoms with Gasteiger partial charge in [0.1, 0.15) is 0 Å². The van der Waals surface area contributed by atoms with E-state index in [1.54, 1.807) is 6.07 Å². The number of benzene rings is 2. The lowest BCUT2D eigenvalue weighted by molar-refractivity contribution is 0.407. The Hall–Kier alpha value is -2.05. The summed E-state index contributed by atoms with van der Waals surface area (Å²) < 4.78 is 93.2. The van der Waals surface area contributed by atoms with Gasteiger partial charge < -0.3 is 0 Å². The summed E-state index contributed by atoms with van der Waals surface area (Å²) in [7, 11) is 0. The fourth-order valence-electron chi connectivity index (χ4n) is 2.26. The number of halogens is 7. The molecule has 103 valence electrons. The van der Waals surface area contributed by atoms with Gasteiger partial charge in [-0.25, -0.2) is 30.7 Å². The van der Waals surface area contributed by atoms with Gasteiger partial charge in [-0.1, -0.05) is 0 Å². The van der Waals surface area contributed by atoms with E-state index in [0.29, 0.717) is 0 Å². The number of hydrogen-bond acceptors (Lipinski definition) is 0. The van der Waals surface area contributed by atoms with Gasteiger partial charge in [0, 0.05) is 29.2 Å². The Morgan fingerprint density at radius 2 is 1.15 bits per heavy atom. The Morgan fingerprint density at radius 1 is 0.600 bits per heavy atom. The Morgan fingerprint density at radius 3 is 1.80 bits per heavy atom. The summed E-state index contributed by atoms with van der Waals surface area (Å²) in [4.78, 5) is 0. The highest BCUT2D eigenvalue weighted by atomic mass is 19.2. The highest BCUT2D eigenvalue weighted by Gasteiger charge is 2.35. The lowest BCUT2D eigenvalue weighted by atomic mass is 10.0. The molecule has 0 saturated carbocycles. The molecule has 20 heavy (non-hydrogen) atoms. The molecule has 0 aromatic heterocycles. The monoisotopic (exact) mass is 291 g/mol. The van der Waals surface area contributed by atoms with Crippen LogP contribution in [-0.4, -0.2) is 0 Å². The molecule has 0 atom stereocenters. The van der Waals surface area contributed by atoms with Crippen molar-refractivity contribution in [2.75, 3.05) is 0 Å². The summed E-state index contributed by atoms with van der Waals surface area (Å²) in [5, 5.41) is 0. The molecule has 0 nitrogen and oxygen atoms in total. The standard InChI is InChI=1S/C13H2F7/c14-5-2-3-1-4-7(6(3)10(17)9(5)16)11(18)13(20)12(19)8(4)15/h1H2. The van der Waals surface area contributed by atoms with E-state index in [-0.39, 0.29) is 0 Å². The third-order valence-electron chi connectivity index (χ3n) is 3.14. The van der Waals surface area contributed by atoms with Crippen LogP contribution in [0.4, 0.5) is 30.7 Å². The van der Waals surface area contributed by atoms with Gasteiger partial charge in [-0.2, -0.15) is 0 Å². The van der Waals surface area contributed by atoms with Crippen LogP contribution in [0.3, 0.4) is 0 Å². The second kappa shape index (κ2) is 3.97. The van der Waals surface area contributed by atoms with Gasteiger partial charge in [0.05, 0.1) is 0 Å². The summed E-state index contributed by atoms with van der Waals surface area (Å²) in [5.74, 6) is -13.2. The minimum Gasteiger partial charge on any atom is -0.203 e. The molecule has 1 aliphatic carbocycles. The molecule has 0 saturated heterocycles. The van der Waals surface area contributed by atoms with Crippen LogP contribution in [0.5, 0.6) is 0 Å². The maximum Gasteiger partial charge on any atom is 0.198 e. The van der Waals surface area contributed by atoms with Crippen molar-refractivity contribution >= 4 is 0 Å². The van der Waals surface area contributed by atoms with E-state index in [1.807, 2.05) is 0 Å². The van der Waals surface area contributed by atoms with E-state index in [0.717, 1.165) is 0 Å². The van der Waals surface area contributed by atoms with Crippen molar-refractivity contribution < 1.29 is 30.7 Å². The zero-order valence-corrected chi connectivity index (χ0v) is 9.35. The minimum absolute atomic E-state index is 0.404. The van der Waals surface area contributed by atoms with Crippen LogP contribution in [0.25, 0.3) is 11.1 Å². The fraction of sp³-hybridized carbons (Fsp3) is 0.0769. The van der Waals surface area contributed by atoms with Gasteiger partial charge in [-0.3, -0.25) is 0 Å². The fourth-order valence-corrected chi connectivity index (χ4v) is 2.26. The summed E-state index contributed by atoms with van der Waals surface area (Å²) in [6.45, 7) is 0. The van der Waals surface area contributed by atoms with Crippen LogP contribution in [0.2, 0.25) is 0 Å². The van der Waals surface area contributed by atoms with Crippen molar-refractivity contribution in [3.8, 4) is 11.1 Å². The lowest BCUT2D eigenvalue weighted by Gasteiger charge is -2.07. The quantitative estimate of drug-likeness (QED) is 0.333. The lowest BCUT2D eigenvalue weighted by Crippen LogP contribution is -2.02. The van der Waals surface area contributed by atoms with Crippen LogP contribution in [0.1, 0.15) is 11.1 Å². The van der Waals surface area contributed by atoms with Crippen LogP contribution >= 0.6 is 0 Å². The highest BCUT2D eigenvalue weighted by molar-refractivity contribution is 5.78. The molecule has 0 bridgehead atoms. The molecule has 1 radical (unpaired) electrons. The average Bonchev–Trinajstić information content (AvgIpc) is 2.79. The first-order chi connectivity index (χ1) is 9.34. The summed E-state index contributed by atoms with van der Waals surface area (Å²) in [6.07, 6.45) is -0.612. The second-order valence-electron chi connectivity index (χ2n) is 4.21. The predicted molar refractivity (Wildman–Crippen MR) is 53.2 cm³/mol. The van der Waals surface area contributed by atoms with Gasteiger partial charge in [0.15, 0.2) is 40.7 Å². The van der Waals surface area contributed by atoms with E-state index in [4.69, 9.17) is 0 Å². The predicted octanol–water partition coefficient (Wildman–Crippen LogP) is 4.03. The first-order valence-corrected chi connectivity index (χ1v) is 5.28. The Balaban J connectivity index is 2.45. The molecule has 0 amide bonds. The molecule has 1 aliphatic rings. The van der Waals surface area contributed by atoms with Gasteiger partial charge in [-0.05, 0) is 5.56 Å². The van der Waals surface area contributed by atoms with Gasteiger partial charge in [-0.15, -0.1) is 0 Å². The van der Waals surface area contributed by atoms with Crippen molar-refractivity contribution in [3.05, 3.63) is 57.9 Å². The maximum atomic E-state index is 13.7. The minimum atomic E-state index is -2.14. The summed E-state index contributed by atoms with van der Waals surface area (Å²) in [5.41, 5.74) is -2.88. The van der Waals surface area contributed by atoms with E-state index in [2.05, 4.69) is 0 Å². The smallest absolute Gasteiger partial charge is 0.198 e. The van der Waals surface area contributed by atoms with Crippen molar-refractivity contribution in [1.82, 2.24) is 0 Å². The van der Waals surface area contributed by atoms with E-state index in [9.17, 15) is 30.7 Å². The van der Waals surface area contributed by atoms with Crippen molar-refractivity contribution in [1.29, 1.82) is 0 Å². The van der Waals surface area contributed by atoms with Crippen LogP contribution < -0.4 is 0 Å². The third-order valence-corrected chi connectivity index (χ3v) is 3.14. The number of hydrogen-bond donors (Lipinski definition) is 0. The normalized spacial score (nSPS) is 12.6. The SMILES string of the molecule is Fc1[c]c2c(c(F)c1F)-c1c(F)c(F)c(F)c(F)c1C2. The van der Waals surface area contributed by atoms with Crippen molar-refractivity contribution in [2.24, 2.45) is 0 Å². The summed E-state index contributed by atoms with van der Waals surface area (Å²) >= 11 is 0. The first kappa shape index (κ1) is 13.0. The topological polar surface area (TPSA) is 0 Å². The second-order valence-corrected chi connectivity index (χ2v) is 4.21. The molecule has 7 heteroatoms. The maximum absolute atomic E-state index is 13.7. The number of rotatable bonds is 0. The number of fused-ring (bicyclic) bond motifs is 3. The van der Waals surface area contributed by atoms with E-state index in [1.165, 1.54) is 0 Å². The Kier molecular flexibility index (Phi) is 2.57. The molecule has 0 N–H and O–H groups in total. The molecule has 2 aromatic carbocycles. The van der Waals surface area contributed by atoms with E-state index >= 15 is 0 Å². The van der Waals surface area contributed by atoms with Gasteiger partial charge in [0.2, 0.25) is 0 Å². The molecule has 0 spiro atoms. The molecular weight excluding hydrogens is 289 g/mol. The molecule has 0 aliphatic heterocycles. The zero-order valence-electron chi connectivity index (χ0n) is 9.35. The average molecular weight is 291 g/mol. The molecule has 0 unspecified atom stereocenters. The molecule has 0 heterocycles. The van der Waals surface area contributed by atoms with Gasteiger partial charge in [0.25, 0.3) is 0 Å². The zero-order chi connectivity index (χ0) is 14.8. The Bertz CT molecular complexity index is 765. The van der Waals surface area contributed by atoms with Gasteiger partial charge >= 0.3 is 0 Å². The molecule has 0 fully saturated rings. The molecule has 3 rings (SSSR count). The van der Waals surface area contributed by atoms with Crippen molar-refractivity contribution in [3.63, 3.8) is 0 Å². The summed E-state index contributed by atoms with van der Waals surface area (Å²) in [6, 6.07) is 1.78. The Labute approximate surface area is 107 Å². The molecular formula is C13H2F7. The van der Waals surface area contributed by atoms with Crippen LogP contribution in [0.15, 0.2) is 0 Å². The van der Waals surface area contributed by atoms with Crippen LogP contribution in [-0.2, 0) is 6.42 Å². The third kappa shape index (κ3) is 1.43. The largest absolute Gasteiger partial charge is 0.203 e. The van der Waals surface area contributed by atoms with Crippen molar-refractivity contribution in [2.45, 2.75) is 6.42 Å². The molecule has 2 aromatic rings. The van der Waals surface area contributed by atoms with Crippen LogP contribution in [0, 0.1) is 46.8 Å². The van der Waals surface area contributed by atoms with E-state index < -0.39 is 69.4 Å². The highest BCUT2D eigenvalue weighted by Crippen LogP contribution is 2.43. The first-order valence-electron chi connectivity index (χ1n) is 5.28.